The SMILES string of the molecule is COCCn1ccc2cc(NC(=O)c3ccc(COCC(F)(F)F)cc3)ccc21. The van der Waals surface area contributed by atoms with Crippen LogP contribution in [-0.4, -0.2) is 37.0 Å². The van der Waals surface area contributed by atoms with Crippen LogP contribution in [0, 0.1) is 0 Å². The molecule has 0 atom stereocenters. The molecule has 0 aliphatic rings. The molecule has 0 saturated carbocycles. The van der Waals surface area contributed by atoms with E-state index in [1.54, 1.807) is 31.4 Å². The maximum atomic E-state index is 12.4. The number of methoxy groups -OCH3 is 1. The third kappa shape index (κ3) is 5.82. The number of anilines is 1. The summed E-state index contributed by atoms with van der Waals surface area (Å²) in [6, 6.07) is 13.9. The van der Waals surface area contributed by atoms with Crippen LogP contribution in [0.5, 0.6) is 0 Å². The molecule has 2 aromatic carbocycles. The number of aromatic nitrogens is 1. The Kier molecular flexibility index (Phi) is 6.56. The molecule has 1 aromatic heterocycles. The van der Waals surface area contributed by atoms with Crippen molar-refractivity contribution in [2.75, 3.05) is 25.6 Å². The fraction of sp³-hybridized carbons (Fsp3) is 0.286. The van der Waals surface area contributed by atoms with Crippen LogP contribution >= 0.6 is 0 Å². The van der Waals surface area contributed by atoms with E-state index in [2.05, 4.69) is 14.6 Å². The lowest BCUT2D eigenvalue weighted by Crippen LogP contribution is -2.16. The van der Waals surface area contributed by atoms with E-state index in [9.17, 15) is 18.0 Å². The number of alkyl halides is 3. The predicted octanol–water partition coefficient (Wildman–Crippen LogP) is 4.62. The maximum Gasteiger partial charge on any atom is 0.411 e. The average Bonchev–Trinajstić information content (AvgIpc) is 3.08. The fourth-order valence-corrected chi connectivity index (χ4v) is 2.90. The van der Waals surface area contributed by atoms with Crippen LogP contribution in [0.3, 0.4) is 0 Å². The number of benzene rings is 2. The zero-order chi connectivity index (χ0) is 20.9. The highest BCUT2D eigenvalue weighted by molar-refractivity contribution is 6.05. The fourth-order valence-electron chi connectivity index (χ4n) is 2.90. The van der Waals surface area contributed by atoms with E-state index in [1.165, 1.54) is 0 Å². The first-order valence-electron chi connectivity index (χ1n) is 8.98. The van der Waals surface area contributed by atoms with Crippen molar-refractivity contribution in [1.82, 2.24) is 4.57 Å². The Morgan fingerprint density at radius 1 is 1.10 bits per heavy atom. The van der Waals surface area contributed by atoms with Gasteiger partial charge in [0.15, 0.2) is 0 Å². The third-order valence-electron chi connectivity index (χ3n) is 4.32. The van der Waals surface area contributed by atoms with Gasteiger partial charge in [0.1, 0.15) is 6.61 Å². The number of nitrogens with zero attached hydrogens (tertiary/aromatic N) is 1. The Morgan fingerprint density at radius 2 is 1.86 bits per heavy atom. The summed E-state index contributed by atoms with van der Waals surface area (Å²) in [7, 11) is 1.65. The lowest BCUT2D eigenvalue weighted by Gasteiger charge is -2.09. The molecule has 8 heteroatoms. The van der Waals surface area contributed by atoms with Gasteiger partial charge in [-0.15, -0.1) is 0 Å². The minimum absolute atomic E-state index is 0.169. The highest BCUT2D eigenvalue weighted by Crippen LogP contribution is 2.21. The van der Waals surface area contributed by atoms with Crippen molar-refractivity contribution in [2.24, 2.45) is 0 Å². The summed E-state index contributed by atoms with van der Waals surface area (Å²) in [5, 5.41) is 3.83. The second-order valence-corrected chi connectivity index (χ2v) is 6.53. The monoisotopic (exact) mass is 406 g/mol. The number of carbonyl (C=O) groups excluding carboxylic acids is 1. The minimum Gasteiger partial charge on any atom is -0.383 e. The van der Waals surface area contributed by atoms with Gasteiger partial charge in [0.25, 0.3) is 5.91 Å². The van der Waals surface area contributed by atoms with Crippen molar-refractivity contribution in [3.8, 4) is 0 Å². The molecule has 3 rings (SSSR count). The van der Waals surface area contributed by atoms with Gasteiger partial charge < -0.3 is 19.4 Å². The molecule has 0 aliphatic heterocycles. The minimum atomic E-state index is -4.36. The molecule has 1 N–H and O–H groups in total. The number of hydrogen-bond acceptors (Lipinski definition) is 3. The molecule has 0 spiro atoms. The molecular weight excluding hydrogens is 385 g/mol. The van der Waals surface area contributed by atoms with Gasteiger partial charge >= 0.3 is 6.18 Å². The van der Waals surface area contributed by atoms with Gasteiger partial charge in [-0.25, -0.2) is 0 Å². The number of rotatable bonds is 8. The van der Waals surface area contributed by atoms with E-state index in [4.69, 9.17) is 4.74 Å². The number of nitrogens with one attached hydrogen (secondary N) is 1. The molecule has 5 nitrogen and oxygen atoms in total. The van der Waals surface area contributed by atoms with E-state index in [0.717, 1.165) is 17.4 Å². The highest BCUT2D eigenvalue weighted by atomic mass is 19.4. The standard InChI is InChI=1S/C21H21F3N2O3/c1-28-11-10-26-9-8-17-12-18(6-7-19(17)26)25-20(27)16-4-2-15(3-5-16)13-29-14-21(22,23)24/h2-9,12H,10-11,13-14H2,1H3,(H,25,27). The van der Waals surface area contributed by atoms with Gasteiger partial charge in [0.05, 0.1) is 13.2 Å². The van der Waals surface area contributed by atoms with Crippen molar-refractivity contribution in [3.05, 3.63) is 65.9 Å². The molecule has 0 radical (unpaired) electrons. The van der Waals surface area contributed by atoms with Crippen LogP contribution < -0.4 is 5.32 Å². The molecule has 154 valence electrons. The van der Waals surface area contributed by atoms with Gasteiger partial charge in [-0.3, -0.25) is 4.79 Å². The first kappa shape index (κ1) is 20.9. The van der Waals surface area contributed by atoms with E-state index >= 15 is 0 Å². The molecule has 1 amide bonds. The highest BCUT2D eigenvalue weighted by Gasteiger charge is 2.27. The lowest BCUT2D eigenvalue weighted by molar-refractivity contribution is -0.176. The van der Waals surface area contributed by atoms with Crippen LogP contribution in [0.2, 0.25) is 0 Å². The summed E-state index contributed by atoms with van der Waals surface area (Å²) in [6.45, 7) is -0.118. The topological polar surface area (TPSA) is 52.5 Å². The van der Waals surface area contributed by atoms with Crippen LogP contribution in [0.15, 0.2) is 54.7 Å². The second-order valence-electron chi connectivity index (χ2n) is 6.53. The number of carbonyl (C=O) groups is 1. The van der Waals surface area contributed by atoms with Crippen LogP contribution in [0.1, 0.15) is 15.9 Å². The van der Waals surface area contributed by atoms with Crippen LogP contribution in [0.25, 0.3) is 10.9 Å². The summed E-state index contributed by atoms with van der Waals surface area (Å²) in [6.07, 6.45) is -2.39. The summed E-state index contributed by atoms with van der Waals surface area (Å²) in [4.78, 5) is 12.4. The zero-order valence-corrected chi connectivity index (χ0v) is 15.8. The van der Waals surface area contributed by atoms with Crippen molar-refractivity contribution in [3.63, 3.8) is 0 Å². The quantitative estimate of drug-likeness (QED) is 0.594. The average molecular weight is 406 g/mol. The molecule has 1 heterocycles. The molecule has 0 fully saturated rings. The van der Waals surface area contributed by atoms with Crippen molar-refractivity contribution in [1.29, 1.82) is 0 Å². The Balaban J connectivity index is 1.61. The van der Waals surface area contributed by atoms with Crippen LogP contribution in [0.4, 0.5) is 18.9 Å². The molecule has 0 aliphatic carbocycles. The van der Waals surface area contributed by atoms with E-state index in [1.807, 2.05) is 30.5 Å². The zero-order valence-electron chi connectivity index (χ0n) is 15.8. The molecular formula is C21H21F3N2O3. The Labute approximate surface area is 166 Å². The molecule has 29 heavy (non-hydrogen) atoms. The van der Waals surface area contributed by atoms with Gasteiger partial charge in [-0.2, -0.15) is 13.2 Å². The molecule has 0 bridgehead atoms. The number of halogens is 3. The summed E-state index contributed by atoms with van der Waals surface area (Å²) >= 11 is 0. The molecule has 3 aromatic rings. The van der Waals surface area contributed by atoms with Crippen molar-refractivity contribution in [2.45, 2.75) is 19.3 Å². The summed E-state index contributed by atoms with van der Waals surface area (Å²) in [5.74, 6) is -0.300. The number of fused-ring (bicyclic) bond motifs is 1. The number of ether oxygens (including phenoxy) is 2. The van der Waals surface area contributed by atoms with E-state index in [0.29, 0.717) is 23.4 Å². The molecule has 0 unspecified atom stereocenters. The van der Waals surface area contributed by atoms with Gasteiger partial charge in [0.2, 0.25) is 0 Å². The predicted molar refractivity (Wildman–Crippen MR) is 104 cm³/mol. The maximum absolute atomic E-state index is 12.4. The second kappa shape index (κ2) is 9.11. The van der Waals surface area contributed by atoms with Gasteiger partial charge in [0, 0.05) is 42.0 Å². The first-order chi connectivity index (χ1) is 13.9. The third-order valence-corrected chi connectivity index (χ3v) is 4.32. The van der Waals surface area contributed by atoms with E-state index in [-0.39, 0.29) is 12.5 Å². The normalized spacial score (nSPS) is 11.7. The Hall–Kier alpha value is -2.84. The summed E-state index contributed by atoms with van der Waals surface area (Å²) < 4.78 is 48.1. The number of hydrogen-bond donors (Lipinski definition) is 1. The Morgan fingerprint density at radius 3 is 2.55 bits per heavy atom. The van der Waals surface area contributed by atoms with Gasteiger partial charge in [-0.1, -0.05) is 12.1 Å². The number of amides is 1. The van der Waals surface area contributed by atoms with Crippen molar-refractivity contribution >= 4 is 22.5 Å². The van der Waals surface area contributed by atoms with Crippen molar-refractivity contribution < 1.29 is 27.4 Å². The lowest BCUT2D eigenvalue weighted by atomic mass is 10.1. The largest absolute Gasteiger partial charge is 0.411 e. The van der Waals surface area contributed by atoms with E-state index < -0.39 is 12.8 Å². The van der Waals surface area contributed by atoms with Crippen LogP contribution in [-0.2, 0) is 22.6 Å². The molecule has 0 saturated heterocycles. The Bertz CT molecular complexity index is 965. The first-order valence-corrected chi connectivity index (χ1v) is 8.98. The van der Waals surface area contributed by atoms with Gasteiger partial charge in [-0.05, 0) is 42.0 Å². The smallest absolute Gasteiger partial charge is 0.383 e. The summed E-state index contributed by atoms with van der Waals surface area (Å²) in [5.41, 5.74) is 2.67.